The van der Waals surface area contributed by atoms with Crippen LogP contribution in [0.5, 0.6) is 0 Å². The van der Waals surface area contributed by atoms with Gasteiger partial charge in [-0.1, -0.05) is 63.1 Å². The second kappa shape index (κ2) is 7.88. The third-order valence-electron chi connectivity index (χ3n) is 3.26. The van der Waals surface area contributed by atoms with Crippen LogP contribution in [0, 0.1) is 0 Å². The molecule has 0 aliphatic heterocycles. The minimum Gasteiger partial charge on any atom is -0.300 e. The van der Waals surface area contributed by atoms with Crippen LogP contribution in [0.4, 0.5) is 5.13 Å². The van der Waals surface area contributed by atoms with E-state index in [1.807, 2.05) is 48.5 Å². The van der Waals surface area contributed by atoms with Gasteiger partial charge in [-0.05, 0) is 35.4 Å². The number of anilines is 1. The van der Waals surface area contributed by atoms with Crippen molar-refractivity contribution in [1.82, 2.24) is 10.2 Å². The Hall–Kier alpha value is -1.76. The molecule has 1 amide bonds. The van der Waals surface area contributed by atoms with Crippen LogP contribution < -0.4 is 5.32 Å². The van der Waals surface area contributed by atoms with E-state index in [1.54, 1.807) is 0 Å². The number of rotatable bonds is 5. The van der Waals surface area contributed by atoms with Gasteiger partial charge < -0.3 is 5.32 Å². The molecular formula is C17H13BrClN3OS. The molecule has 0 atom stereocenters. The van der Waals surface area contributed by atoms with Gasteiger partial charge in [-0.2, -0.15) is 0 Å². The van der Waals surface area contributed by atoms with Crippen LogP contribution in [0.3, 0.4) is 0 Å². The van der Waals surface area contributed by atoms with Gasteiger partial charge in [0.25, 0.3) is 0 Å². The largest absolute Gasteiger partial charge is 0.300 e. The molecule has 0 unspecified atom stereocenters. The summed E-state index contributed by atoms with van der Waals surface area (Å²) in [4.78, 5) is 12.1. The molecule has 0 fully saturated rings. The molecule has 4 nitrogen and oxygen atoms in total. The standard InChI is InChI=1S/C17H13BrClN3OS/c18-13-5-1-11(2-6-13)9-15(23)20-17-22-21-16(24-17)10-12-3-7-14(19)8-4-12/h1-8H,9-10H2,(H,20,22,23). The Labute approximate surface area is 157 Å². The zero-order valence-electron chi connectivity index (χ0n) is 12.5. The summed E-state index contributed by atoms with van der Waals surface area (Å²) in [6.45, 7) is 0. The van der Waals surface area contributed by atoms with Crippen LogP contribution in [-0.4, -0.2) is 16.1 Å². The van der Waals surface area contributed by atoms with Gasteiger partial charge in [-0.3, -0.25) is 4.79 Å². The molecule has 2 aromatic carbocycles. The van der Waals surface area contributed by atoms with Crippen LogP contribution in [0.25, 0.3) is 0 Å². The number of nitrogens with zero attached hydrogens (tertiary/aromatic N) is 2. The SMILES string of the molecule is O=C(Cc1ccc(Br)cc1)Nc1nnc(Cc2ccc(Cl)cc2)s1. The van der Waals surface area contributed by atoms with Crippen molar-refractivity contribution >= 4 is 49.9 Å². The van der Waals surface area contributed by atoms with Gasteiger partial charge >= 0.3 is 0 Å². The van der Waals surface area contributed by atoms with Gasteiger partial charge in [0.05, 0.1) is 6.42 Å². The zero-order chi connectivity index (χ0) is 16.9. The zero-order valence-corrected chi connectivity index (χ0v) is 15.7. The summed E-state index contributed by atoms with van der Waals surface area (Å²) in [5, 5.41) is 13.0. The molecule has 0 spiro atoms. The second-order valence-electron chi connectivity index (χ2n) is 5.16. The minimum atomic E-state index is -0.105. The van der Waals surface area contributed by atoms with Crippen molar-refractivity contribution in [1.29, 1.82) is 0 Å². The van der Waals surface area contributed by atoms with Gasteiger partial charge in [0.2, 0.25) is 11.0 Å². The van der Waals surface area contributed by atoms with E-state index in [0.29, 0.717) is 23.0 Å². The number of carbonyl (C=O) groups excluding carboxylic acids is 1. The monoisotopic (exact) mass is 421 g/mol. The van der Waals surface area contributed by atoms with Gasteiger partial charge in [0.15, 0.2) is 0 Å². The van der Waals surface area contributed by atoms with E-state index < -0.39 is 0 Å². The molecule has 0 saturated carbocycles. The molecule has 3 rings (SSSR count). The molecule has 0 bridgehead atoms. The van der Waals surface area contributed by atoms with Crippen LogP contribution >= 0.6 is 38.9 Å². The summed E-state index contributed by atoms with van der Waals surface area (Å²) in [5.74, 6) is -0.105. The van der Waals surface area contributed by atoms with E-state index in [-0.39, 0.29) is 5.91 Å². The highest BCUT2D eigenvalue weighted by atomic mass is 79.9. The number of carbonyl (C=O) groups is 1. The smallest absolute Gasteiger partial charge is 0.230 e. The van der Waals surface area contributed by atoms with E-state index in [4.69, 9.17) is 11.6 Å². The van der Waals surface area contributed by atoms with Crippen molar-refractivity contribution in [2.75, 3.05) is 5.32 Å². The molecule has 0 aliphatic carbocycles. The number of hydrogen-bond acceptors (Lipinski definition) is 4. The highest BCUT2D eigenvalue weighted by Crippen LogP contribution is 2.20. The van der Waals surface area contributed by atoms with Gasteiger partial charge in [0.1, 0.15) is 5.01 Å². The van der Waals surface area contributed by atoms with Gasteiger partial charge in [0, 0.05) is 15.9 Å². The fraction of sp³-hybridized carbons (Fsp3) is 0.118. The Morgan fingerprint density at radius 1 is 1.04 bits per heavy atom. The molecule has 24 heavy (non-hydrogen) atoms. The number of benzene rings is 2. The number of halogens is 2. The van der Waals surface area contributed by atoms with Crippen LogP contribution in [-0.2, 0) is 17.6 Å². The normalized spacial score (nSPS) is 10.6. The second-order valence-corrected chi connectivity index (χ2v) is 7.57. The average Bonchev–Trinajstić information content (AvgIpc) is 2.99. The van der Waals surface area contributed by atoms with Crippen molar-refractivity contribution in [2.45, 2.75) is 12.8 Å². The molecular weight excluding hydrogens is 410 g/mol. The third kappa shape index (κ3) is 4.87. The number of aromatic nitrogens is 2. The van der Waals surface area contributed by atoms with E-state index in [2.05, 4.69) is 31.4 Å². The topological polar surface area (TPSA) is 54.9 Å². The molecule has 1 aromatic heterocycles. The third-order valence-corrected chi connectivity index (χ3v) is 4.88. The quantitative estimate of drug-likeness (QED) is 0.647. The lowest BCUT2D eigenvalue weighted by Crippen LogP contribution is -2.14. The summed E-state index contributed by atoms with van der Waals surface area (Å²) in [6.07, 6.45) is 0.969. The van der Waals surface area contributed by atoms with E-state index in [1.165, 1.54) is 11.3 Å². The average molecular weight is 423 g/mol. The lowest BCUT2D eigenvalue weighted by atomic mass is 10.1. The Kier molecular flexibility index (Phi) is 5.60. The van der Waals surface area contributed by atoms with E-state index >= 15 is 0 Å². The Morgan fingerprint density at radius 3 is 2.42 bits per heavy atom. The maximum Gasteiger partial charge on any atom is 0.230 e. The van der Waals surface area contributed by atoms with Crippen LogP contribution in [0.2, 0.25) is 5.02 Å². The lowest BCUT2D eigenvalue weighted by Gasteiger charge is -2.01. The lowest BCUT2D eigenvalue weighted by molar-refractivity contribution is -0.115. The first-order valence-corrected chi connectivity index (χ1v) is 9.18. The maximum absolute atomic E-state index is 12.1. The highest BCUT2D eigenvalue weighted by Gasteiger charge is 2.09. The number of hydrogen-bond donors (Lipinski definition) is 1. The van der Waals surface area contributed by atoms with E-state index in [0.717, 1.165) is 20.6 Å². The van der Waals surface area contributed by atoms with Gasteiger partial charge in [-0.25, -0.2) is 0 Å². The summed E-state index contributed by atoms with van der Waals surface area (Å²) in [7, 11) is 0. The first kappa shape index (κ1) is 17.1. The molecule has 0 aliphatic rings. The van der Waals surface area contributed by atoms with Crippen LogP contribution in [0.1, 0.15) is 16.1 Å². The predicted molar refractivity (Wildman–Crippen MR) is 101 cm³/mol. The molecule has 122 valence electrons. The molecule has 7 heteroatoms. The molecule has 3 aromatic rings. The maximum atomic E-state index is 12.1. The van der Waals surface area contributed by atoms with Crippen LogP contribution in [0.15, 0.2) is 53.0 Å². The molecule has 1 heterocycles. The summed E-state index contributed by atoms with van der Waals surface area (Å²) >= 11 is 10.6. The number of amides is 1. The van der Waals surface area contributed by atoms with Crippen molar-refractivity contribution < 1.29 is 4.79 Å². The Morgan fingerprint density at radius 2 is 1.71 bits per heavy atom. The fourth-order valence-electron chi connectivity index (χ4n) is 2.10. The van der Waals surface area contributed by atoms with Gasteiger partial charge in [-0.15, -0.1) is 10.2 Å². The van der Waals surface area contributed by atoms with Crippen molar-refractivity contribution in [3.8, 4) is 0 Å². The molecule has 0 radical (unpaired) electrons. The Balaban J connectivity index is 1.58. The summed E-state index contributed by atoms with van der Waals surface area (Å²) in [5.41, 5.74) is 2.05. The van der Waals surface area contributed by atoms with E-state index in [9.17, 15) is 4.79 Å². The predicted octanol–water partition coefficient (Wildman–Crippen LogP) is 4.73. The summed E-state index contributed by atoms with van der Waals surface area (Å²) in [6, 6.07) is 15.3. The van der Waals surface area contributed by atoms with Crippen molar-refractivity contribution in [3.05, 3.63) is 74.2 Å². The first-order chi connectivity index (χ1) is 11.6. The summed E-state index contributed by atoms with van der Waals surface area (Å²) < 4.78 is 0.989. The minimum absolute atomic E-state index is 0.105. The fourth-order valence-corrected chi connectivity index (χ4v) is 3.28. The first-order valence-electron chi connectivity index (χ1n) is 7.19. The molecule has 0 saturated heterocycles. The number of nitrogens with one attached hydrogen (secondary N) is 1. The highest BCUT2D eigenvalue weighted by molar-refractivity contribution is 9.10. The van der Waals surface area contributed by atoms with Crippen molar-refractivity contribution in [3.63, 3.8) is 0 Å². The molecule has 1 N–H and O–H groups in total. The van der Waals surface area contributed by atoms with Crippen molar-refractivity contribution in [2.24, 2.45) is 0 Å². The Bertz CT molecular complexity index is 834.